The number of hydrogen-bond acceptors (Lipinski definition) is 3. The number of carbonyl (C=O) groups is 1. The molecule has 0 aliphatic carbocycles. The van der Waals surface area contributed by atoms with Crippen molar-refractivity contribution in [3.05, 3.63) is 58.1 Å². The molecule has 104 valence electrons. The second-order valence-electron chi connectivity index (χ2n) is 4.16. The number of halogens is 2. The SMILES string of the molecule is Nc1c(Cl)cc(NC(=O)C(O)c2ccccc2)cc1Cl. The zero-order chi connectivity index (χ0) is 14.7. The summed E-state index contributed by atoms with van der Waals surface area (Å²) in [5, 5.41) is 13.0. The van der Waals surface area contributed by atoms with Gasteiger partial charge in [-0.25, -0.2) is 0 Å². The Morgan fingerprint density at radius 2 is 1.70 bits per heavy atom. The van der Waals surface area contributed by atoms with Crippen LogP contribution in [0.25, 0.3) is 0 Å². The van der Waals surface area contributed by atoms with E-state index < -0.39 is 12.0 Å². The Labute approximate surface area is 126 Å². The molecule has 1 atom stereocenters. The molecular formula is C14H12Cl2N2O2. The van der Waals surface area contributed by atoms with E-state index in [4.69, 9.17) is 28.9 Å². The number of rotatable bonds is 3. The molecule has 4 N–H and O–H groups in total. The van der Waals surface area contributed by atoms with Crippen molar-refractivity contribution in [1.29, 1.82) is 0 Å². The quantitative estimate of drug-likeness (QED) is 0.762. The molecule has 6 heteroatoms. The number of aliphatic hydroxyl groups excluding tert-OH is 1. The molecule has 2 rings (SSSR count). The number of amides is 1. The highest BCUT2D eigenvalue weighted by Crippen LogP contribution is 2.31. The smallest absolute Gasteiger partial charge is 0.257 e. The predicted octanol–water partition coefficient (Wildman–Crippen LogP) is 3.25. The van der Waals surface area contributed by atoms with E-state index in [0.29, 0.717) is 11.3 Å². The first-order valence-electron chi connectivity index (χ1n) is 5.77. The minimum absolute atomic E-state index is 0.238. The van der Waals surface area contributed by atoms with Crippen LogP contribution in [0.4, 0.5) is 11.4 Å². The zero-order valence-electron chi connectivity index (χ0n) is 10.3. The van der Waals surface area contributed by atoms with E-state index in [9.17, 15) is 9.90 Å². The van der Waals surface area contributed by atoms with E-state index in [-0.39, 0.29) is 15.7 Å². The van der Waals surface area contributed by atoms with E-state index in [0.717, 1.165) is 0 Å². The van der Waals surface area contributed by atoms with Gasteiger partial charge >= 0.3 is 0 Å². The van der Waals surface area contributed by atoms with E-state index >= 15 is 0 Å². The molecule has 0 radical (unpaired) electrons. The van der Waals surface area contributed by atoms with E-state index in [2.05, 4.69) is 5.32 Å². The third-order valence-corrected chi connectivity index (χ3v) is 3.34. The van der Waals surface area contributed by atoms with Crippen molar-refractivity contribution in [2.24, 2.45) is 0 Å². The molecule has 0 spiro atoms. The summed E-state index contributed by atoms with van der Waals surface area (Å²) < 4.78 is 0. The lowest BCUT2D eigenvalue weighted by Gasteiger charge is -2.13. The van der Waals surface area contributed by atoms with Crippen molar-refractivity contribution in [2.45, 2.75) is 6.10 Å². The standard InChI is InChI=1S/C14H12Cl2N2O2/c15-10-6-9(7-11(16)12(10)17)18-14(20)13(19)8-4-2-1-3-5-8/h1-7,13,19H,17H2,(H,18,20). The Bertz CT molecular complexity index is 609. The van der Waals surface area contributed by atoms with Crippen LogP contribution in [0.1, 0.15) is 11.7 Å². The average Bonchev–Trinajstić information content (AvgIpc) is 2.44. The Balaban J connectivity index is 2.16. The number of nitrogens with two attached hydrogens (primary N) is 1. The monoisotopic (exact) mass is 310 g/mol. The first kappa shape index (κ1) is 14.7. The fourth-order valence-corrected chi connectivity index (χ4v) is 2.14. The summed E-state index contributed by atoms with van der Waals surface area (Å²) in [6.07, 6.45) is -1.27. The predicted molar refractivity (Wildman–Crippen MR) is 80.9 cm³/mol. The van der Waals surface area contributed by atoms with Gasteiger partial charge in [0, 0.05) is 5.69 Å². The Morgan fingerprint density at radius 1 is 1.15 bits per heavy atom. The molecule has 0 aliphatic heterocycles. The van der Waals surface area contributed by atoms with Gasteiger partial charge in [0.1, 0.15) is 0 Å². The summed E-state index contributed by atoms with van der Waals surface area (Å²) in [4.78, 5) is 11.9. The number of nitrogen functional groups attached to an aromatic ring is 1. The highest BCUT2D eigenvalue weighted by atomic mass is 35.5. The molecule has 0 heterocycles. The molecule has 4 nitrogen and oxygen atoms in total. The Hall–Kier alpha value is -1.75. The van der Waals surface area contributed by atoms with Crippen LogP contribution in [0.2, 0.25) is 10.0 Å². The lowest BCUT2D eigenvalue weighted by molar-refractivity contribution is -0.124. The van der Waals surface area contributed by atoms with Crippen LogP contribution in [0.3, 0.4) is 0 Å². The van der Waals surface area contributed by atoms with E-state index in [1.54, 1.807) is 30.3 Å². The summed E-state index contributed by atoms with van der Waals surface area (Å²) in [6, 6.07) is 11.5. The van der Waals surface area contributed by atoms with E-state index in [1.165, 1.54) is 12.1 Å². The number of anilines is 2. The lowest BCUT2D eigenvalue weighted by Crippen LogP contribution is -2.20. The van der Waals surface area contributed by atoms with Crippen LogP contribution in [-0.4, -0.2) is 11.0 Å². The topological polar surface area (TPSA) is 75.3 Å². The largest absolute Gasteiger partial charge is 0.396 e. The third-order valence-electron chi connectivity index (χ3n) is 2.71. The van der Waals surface area contributed by atoms with Crippen LogP contribution in [0.15, 0.2) is 42.5 Å². The number of nitrogens with one attached hydrogen (secondary N) is 1. The maximum absolute atomic E-state index is 11.9. The minimum atomic E-state index is -1.27. The van der Waals surface area contributed by atoms with Crippen molar-refractivity contribution in [2.75, 3.05) is 11.1 Å². The second-order valence-corrected chi connectivity index (χ2v) is 4.97. The second kappa shape index (κ2) is 6.13. The molecule has 0 aromatic heterocycles. The van der Waals surface area contributed by atoms with Crippen LogP contribution >= 0.6 is 23.2 Å². The van der Waals surface area contributed by atoms with Crippen molar-refractivity contribution in [1.82, 2.24) is 0 Å². The first-order chi connectivity index (χ1) is 9.49. The fraction of sp³-hybridized carbons (Fsp3) is 0.0714. The Kier molecular flexibility index (Phi) is 4.49. The molecule has 0 aliphatic rings. The first-order valence-corrected chi connectivity index (χ1v) is 6.53. The van der Waals surface area contributed by atoms with Crippen molar-refractivity contribution in [3.8, 4) is 0 Å². The van der Waals surface area contributed by atoms with Crippen LogP contribution in [0.5, 0.6) is 0 Å². The van der Waals surface area contributed by atoms with Gasteiger partial charge in [-0.1, -0.05) is 53.5 Å². The highest BCUT2D eigenvalue weighted by molar-refractivity contribution is 6.39. The van der Waals surface area contributed by atoms with Crippen LogP contribution < -0.4 is 11.1 Å². The molecule has 0 bridgehead atoms. The zero-order valence-corrected chi connectivity index (χ0v) is 11.8. The minimum Gasteiger partial charge on any atom is -0.396 e. The molecule has 0 saturated heterocycles. The normalized spacial score (nSPS) is 11.9. The summed E-state index contributed by atoms with van der Waals surface area (Å²) in [5.74, 6) is -0.576. The van der Waals surface area contributed by atoms with Gasteiger partial charge in [0.25, 0.3) is 5.91 Å². The van der Waals surface area contributed by atoms with Crippen molar-refractivity contribution < 1.29 is 9.90 Å². The van der Waals surface area contributed by atoms with Gasteiger partial charge in [0.15, 0.2) is 6.10 Å². The molecule has 0 fully saturated rings. The summed E-state index contributed by atoms with van der Waals surface area (Å²) in [7, 11) is 0. The van der Waals surface area contributed by atoms with Crippen LogP contribution in [-0.2, 0) is 4.79 Å². The maximum Gasteiger partial charge on any atom is 0.257 e. The van der Waals surface area contributed by atoms with E-state index in [1.807, 2.05) is 0 Å². The fourth-order valence-electron chi connectivity index (χ4n) is 1.65. The number of hydrogen-bond donors (Lipinski definition) is 3. The highest BCUT2D eigenvalue weighted by Gasteiger charge is 2.17. The molecular weight excluding hydrogens is 299 g/mol. The van der Waals surface area contributed by atoms with Gasteiger partial charge in [0.05, 0.1) is 15.7 Å². The van der Waals surface area contributed by atoms with Crippen molar-refractivity contribution in [3.63, 3.8) is 0 Å². The number of aliphatic hydroxyl groups is 1. The molecule has 20 heavy (non-hydrogen) atoms. The van der Waals surface area contributed by atoms with Gasteiger partial charge in [-0.05, 0) is 17.7 Å². The van der Waals surface area contributed by atoms with Gasteiger partial charge in [0.2, 0.25) is 0 Å². The molecule has 2 aromatic carbocycles. The molecule has 2 aromatic rings. The molecule has 1 amide bonds. The lowest BCUT2D eigenvalue weighted by atomic mass is 10.1. The molecule has 1 unspecified atom stereocenters. The van der Waals surface area contributed by atoms with Crippen molar-refractivity contribution >= 4 is 40.5 Å². The summed E-state index contributed by atoms with van der Waals surface area (Å²) in [6.45, 7) is 0. The molecule has 0 saturated carbocycles. The average molecular weight is 311 g/mol. The third kappa shape index (κ3) is 3.22. The number of benzene rings is 2. The maximum atomic E-state index is 11.9. The van der Waals surface area contributed by atoms with Gasteiger partial charge in [-0.15, -0.1) is 0 Å². The summed E-state index contributed by atoms with van der Waals surface area (Å²) >= 11 is 11.8. The van der Waals surface area contributed by atoms with Crippen LogP contribution in [0, 0.1) is 0 Å². The summed E-state index contributed by atoms with van der Waals surface area (Å²) in [5.41, 5.74) is 6.72. The van der Waals surface area contributed by atoms with Gasteiger partial charge in [-0.3, -0.25) is 4.79 Å². The number of carbonyl (C=O) groups excluding carboxylic acids is 1. The van der Waals surface area contributed by atoms with Gasteiger partial charge in [-0.2, -0.15) is 0 Å². The van der Waals surface area contributed by atoms with Gasteiger partial charge < -0.3 is 16.2 Å². The Morgan fingerprint density at radius 3 is 2.25 bits per heavy atom.